The van der Waals surface area contributed by atoms with E-state index in [0.717, 1.165) is 0 Å². The highest BCUT2D eigenvalue weighted by Gasteiger charge is 2.23. The number of hydrogen-bond donors (Lipinski definition) is 4. The second kappa shape index (κ2) is 7.92. The fourth-order valence-electron chi connectivity index (χ4n) is 1.64. The molecule has 6 heteroatoms. The minimum absolute atomic E-state index is 0.0697. The number of hydrogen-bond acceptors (Lipinski definition) is 3. The van der Waals surface area contributed by atoms with Crippen LogP contribution < -0.4 is 16.4 Å². The second-order valence-corrected chi connectivity index (χ2v) is 5.26. The number of aliphatic hydroxyl groups excluding tert-OH is 1. The van der Waals surface area contributed by atoms with Gasteiger partial charge in [0.1, 0.15) is 6.04 Å². The van der Waals surface area contributed by atoms with E-state index < -0.39 is 18.2 Å². The van der Waals surface area contributed by atoms with Crippen molar-refractivity contribution in [1.82, 2.24) is 10.6 Å². The van der Waals surface area contributed by atoms with Crippen LogP contribution in [0.25, 0.3) is 0 Å². The summed E-state index contributed by atoms with van der Waals surface area (Å²) in [5.41, 5.74) is 5.01. The standard InChI is InChI=1S/C12H25N3O3/c1-7(2)5-9(16)6-14-11(17)10(8(3)4)15-12(13)18/h7-10,16H,5-6H2,1-4H3,(H,14,17)(H3,13,15,18). The van der Waals surface area contributed by atoms with Gasteiger partial charge in [-0.25, -0.2) is 4.79 Å². The molecule has 2 atom stereocenters. The molecule has 0 saturated heterocycles. The lowest BCUT2D eigenvalue weighted by Crippen LogP contribution is -2.52. The Balaban J connectivity index is 4.22. The molecule has 0 aromatic heterocycles. The van der Waals surface area contributed by atoms with Crippen LogP contribution in [-0.4, -0.2) is 35.7 Å². The molecule has 0 aliphatic rings. The van der Waals surface area contributed by atoms with Gasteiger partial charge in [-0.1, -0.05) is 27.7 Å². The zero-order chi connectivity index (χ0) is 14.3. The van der Waals surface area contributed by atoms with Gasteiger partial charge in [-0.15, -0.1) is 0 Å². The van der Waals surface area contributed by atoms with E-state index in [4.69, 9.17) is 5.73 Å². The Kier molecular flexibility index (Phi) is 7.35. The lowest BCUT2D eigenvalue weighted by molar-refractivity contribution is -0.124. The van der Waals surface area contributed by atoms with E-state index in [1.54, 1.807) is 0 Å². The number of amides is 3. The van der Waals surface area contributed by atoms with Crippen LogP contribution in [0, 0.1) is 11.8 Å². The molecular formula is C12H25N3O3. The summed E-state index contributed by atoms with van der Waals surface area (Å²) in [6.07, 6.45) is 0.0471. The number of rotatable bonds is 7. The highest BCUT2D eigenvalue weighted by atomic mass is 16.3. The van der Waals surface area contributed by atoms with Crippen LogP contribution in [0.1, 0.15) is 34.1 Å². The smallest absolute Gasteiger partial charge is 0.312 e. The number of aliphatic hydroxyl groups is 1. The van der Waals surface area contributed by atoms with Crippen molar-refractivity contribution < 1.29 is 14.7 Å². The first-order chi connectivity index (χ1) is 8.23. The van der Waals surface area contributed by atoms with Crippen molar-refractivity contribution in [2.75, 3.05) is 6.54 Å². The summed E-state index contributed by atoms with van der Waals surface area (Å²) < 4.78 is 0. The lowest BCUT2D eigenvalue weighted by atomic mass is 10.0. The van der Waals surface area contributed by atoms with Crippen LogP contribution in [0.15, 0.2) is 0 Å². The topological polar surface area (TPSA) is 104 Å². The van der Waals surface area contributed by atoms with Gasteiger partial charge in [0.25, 0.3) is 0 Å². The quantitative estimate of drug-likeness (QED) is 0.525. The van der Waals surface area contributed by atoms with Gasteiger partial charge in [-0.05, 0) is 18.3 Å². The Hall–Kier alpha value is -1.30. The Labute approximate surface area is 108 Å². The molecule has 0 aliphatic heterocycles. The number of carbonyl (C=O) groups excluding carboxylic acids is 2. The van der Waals surface area contributed by atoms with E-state index in [0.29, 0.717) is 12.3 Å². The average Bonchev–Trinajstić information content (AvgIpc) is 2.21. The minimum Gasteiger partial charge on any atom is -0.391 e. The predicted molar refractivity (Wildman–Crippen MR) is 69.8 cm³/mol. The molecule has 0 aromatic rings. The first-order valence-corrected chi connectivity index (χ1v) is 6.25. The normalized spacial score (nSPS) is 14.4. The minimum atomic E-state index is -0.730. The fourth-order valence-corrected chi connectivity index (χ4v) is 1.64. The van der Waals surface area contributed by atoms with E-state index in [1.807, 2.05) is 27.7 Å². The Morgan fingerprint density at radius 3 is 2.17 bits per heavy atom. The maximum Gasteiger partial charge on any atom is 0.312 e. The van der Waals surface area contributed by atoms with E-state index in [2.05, 4.69) is 10.6 Å². The SMILES string of the molecule is CC(C)CC(O)CNC(=O)C(NC(N)=O)C(C)C. The summed E-state index contributed by atoms with van der Waals surface area (Å²) in [4.78, 5) is 22.6. The van der Waals surface area contributed by atoms with Crippen molar-refractivity contribution in [1.29, 1.82) is 0 Å². The molecule has 5 N–H and O–H groups in total. The van der Waals surface area contributed by atoms with Crippen LogP contribution in [-0.2, 0) is 4.79 Å². The second-order valence-electron chi connectivity index (χ2n) is 5.26. The first-order valence-electron chi connectivity index (χ1n) is 6.25. The summed E-state index contributed by atoms with van der Waals surface area (Å²) in [6.45, 7) is 7.79. The molecule has 0 aliphatic carbocycles. The van der Waals surface area contributed by atoms with Gasteiger partial charge in [0.15, 0.2) is 0 Å². The Bertz CT molecular complexity index is 280. The van der Waals surface area contributed by atoms with E-state index in [1.165, 1.54) is 0 Å². The van der Waals surface area contributed by atoms with Crippen molar-refractivity contribution >= 4 is 11.9 Å². The van der Waals surface area contributed by atoms with Gasteiger partial charge in [0.05, 0.1) is 6.10 Å². The van der Waals surface area contributed by atoms with Crippen molar-refractivity contribution in [3.63, 3.8) is 0 Å². The van der Waals surface area contributed by atoms with Crippen molar-refractivity contribution in [2.45, 2.75) is 46.3 Å². The number of carbonyl (C=O) groups is 2. The van der Waals surface area contributed by atoms with Gasteiger partial charge in [0, 0.05) is 6.54 Å². The number of nitrogens with one attached hydrogen (secondary N) is 2. The molecule has 0 rings (SSSR count). The molecular weight excluding hydrogens is 234 g/mol. The molecule has 106 valence electrons. The lowest BCUT2D eigenvalue weighted by Gasteiger charge is -2.22. The molecule has 0 aromatic carbocycles. The fraction of sp³-hybridized carbons (Fsp3) is 0.833. The van der Waals surface area contributed by atoms with Crippen LogP contribution in [0.5, 0.6) is 0 Å². The summed E-state index contributed by atoms with van der Waals surface area (Å²) >= 11 is 0. The van der Waals surface area contributed by atoms with Gasteiger partial charge in [-0.2, -0.15) is 0 Å². The molecule has 0 spiro atoms. The third-order valence-electron chi connectivity index (χ3n) is 2.50. The predicted octanol–water partition coefficient (Wildman–Crippen LogP) is 0.203. The van der Waals surface area contributed by atoms with Crippen molar-refractivity contribution in [2.24, 2.45) is 17.6 Å². The Morgan fingerprint density at radius 1 is 1.22 bits per heavy atom. The van der Waals surface area contributed by atoms with Gasteiger partial charge < -0.3 is 21.5 Å². The third-order valence-corrected chi connectivity index (χ3v) is 2.50. The molecule has 0 fully saturated rings. The molecule has 0 radical (unpaired) electrons. The highest BCUT2D eigenvalue weighted by Crippen LogP contribution is 2.05. The van der Waals surface area contributed by atoms with Crippen LogP contribution >= 0.6 is 0 Å². The summed E-state index contributed by atoms with van der Waals surface area (Å²) in [5, 5.41) is 14.6. The zero-order valence-corrected chi connectivity index (χ0v) is 11.6. The van der Waals surface area contributed by atoms with Gasteiger partial charge >= 0.3 is 6.03 Å². The molecule has 3 amide bonds. The van der Waals surface area contributed by atoms with Crippen LogP contribution in [0.2, 0.25) is 0 Å². The van der Waals surface area contributed by atoms with Crippen LogP contribution in [0.4, 0.5) is 4.79 Å². The largest absolute Gasteiger partial charge is 0.391 e. The Morgan fingerprint density at radius 2 is 1.78 bits per heavy atom. The van der Waals surface area contributed by atoms with Gasteiger partial charge in [0.2, 0.25) is 5.91 Å². The summed E-state index contributed by atoms with van der Waals surface area (Å²) in [6, 6.07) is -1.40. The third kappa shape index (κ3) is 7.11. The molecule has 2 unspecified atom stereocenters. The van der Waals surface area contributed by atoms with E-state index in [-0.39, 0.29) is 18.4 Å². The maximum absolute atomic E-state index is 11.8. The number of urea groups is 1. The average molecular weight is 259 g/mol. The summed E-state index contributed by atoms with van der Waals surface area (Å²) in [5.74, 6) is -0.0344. The maximum atomic E-state index is 11.8. The molecule has 0 bridgehead atoms. The highest BCUT2D eigenvalue weighted by molar-refractivity contribution is 5.86. The first kappa shape index (κ1) is 16.7. The molecule has 0 heterocycles. The summed E-state index contributed by atoms with van der Waals surface area (Å²) in [7, 11) is 0. The van der Waals surface area contributed by atoms with E-state index >= 15 is 0 Å². The zero-order valence-electron chi connectivity index (χ0n) is 11.6. The molecule has 18 heavy (non-hydrogen) atoms. The molecule has 6 nitrogen and oxygen atoms in total. The number of primary amides is 1. The van der Waals surface area contributed by atoms with Crippen molar-refractivity contribution in [3.8, 4) is 0 Å². The van der Waals surface area contributed by atoms with Crippen molar-refractivity contribution in [3.05, 3.63) is 0 Å². The number of nitrogens with two attached hydrogens (primary N) is 1. The monoisotopic (exact) mass is 259 g/mol. The van der Waals surface area contributed by atoms with Gasteiger partial charge in [-0.3, -0.25) is 4.79 Å². The van der Waals surface area contributed by atoms with Crippen LogP contribution in [0.3, 0.4) is 0 Å². The molecule has 0 saturated carbocycles. The van der Waals surface area contributed by atoms with E-state index in [9.17, 15) is 14.7 Å².